The first-order chi connectivity index (χ1) is 11.5. The fourth-order valence-electron chi connectivity index (χ4n) is 2.72. The van der Waals surface area contributed by atoms with Gasteiger partial charge in [-0.3, -0.25) is 9.36 Å². The topological polar surface area (TPSA) is 46.9 Å². The minimum absolute atomic E-state index is 0.144. The lowest BCUT2D eigenvalue weighted by Gasteiger charge is -2.11. The number of nitrogens with one attached hydrogen (secondary N) is 1. The van der Waals surface area contributed by atoms with E-state index >= 15 is 0 Å². The summed E-state index contributed by atoms with van der Waals surface area (Å²) in [6, 6.07) is 14.3. The number of rotatable bonds is 4. The average molecular weight is 319 g/mol. The van der Waals surface area contributed by atoms with E-state index < -0.39 is 0 Å². The van der Waals surface area contributed by atoms with E-state index in [1.807, 2.05) is 38.1 Å². The molecule has 3 rings (SSSR count). The molecule has 3 aromatic rings. The maximum Gasteiger partial charge on any atom is 0.297 e. The van der Waals surface area contributed by atoms with Crippen molar-refractivity contribution in [2.24, 2.45) is 0 Å². The van der Waals surface area contributed by atoms with E-state index in [-0.39, 0.29) is 5.56 Å². The third-order valence-corrected chi connectivity index (χ3v) is 3.91. The van der Waals surface area contributed by atoms with Crippen LogP contribution in [-0.4, -0.2) is 9.55 Å². The number of hydrogen-bond acceptors (Lipinski definition) is 3. The van der Waals surface area contributed by atoms with Crippen LogP contribution in [0.3, 0.4) is 0 Å². The van der Waals surface area contributed by atoms with Crippen molar-refractivity contribution in [2.45, 2.75) is 27.3 Å². The monoisotopic (exact) mass is 319 g/mol. The summed E-state index contributed by atoms with van der Waals surface area (Å²) in [5.41, 5.74) is 5.30. The van der Waals surface area contributed by atoms with Crippen LogP contribution < -0.4 is 10.9 Å². The normalized spacial score (nSPS) is 10.6. The zero-order chi connectivity index (χ0) is 17.1. The number of aryl methyl sites for hydroxylation is 3. The van der Waals surface area contributed by atoms with Crippen molar-refractivity contribution in [1.29, 1.82) is 0 Å². The molecule has 4 nitrogen and oxygen atoms in total. The lowest BCUT2D eigenvalue weighted by Crippen LogP contribution is -2.23. The van der Waals surface area contributed by atoms with E-state index in [0.717, 1.165) is 22.4 Å². The molecule has 0 aliphatic heterocycles. The van der Waals surface area contributed by atoms with Gasteiger partial charge in [0.2, 0.25) is 0 Å². The van der Waals surface area contributed by atoms with Gasteiger partial charge in [-0.1, -0.05) is 35.9 Å². The van der Waals surface area contributed by atoms with Crippen LogP contribution in [0.4, 0.5) is 5.82 Å². The Labute approximate surface area is 141 Å². The van der Waals surface area contributed by atoms with Crippen LogP contribution in [0, 0.1) is 20.8 Å². The summed E-state index contributed by atoms with van der Waals surface area (Å²) in [6.07, 6.45) is 3.35. The Morgan fingerprint density at radius 2 is 1.62 bits per heavy atom. The molecule has 0 amide bonds. The van der Waals surface area contributed by atoms with E-state index in [1.165, 1.54) is 5.56 Å². The van der Waals surface area contributed by atoms with Gasteiger partial charge >= 0.3 is 0 Å². The lowest BCUT2D eigenvalue weighted by atomic mass is 10.1. The van der Waals surface area contributed by atoms with Crippen molar-refractivity contribution in [3.8, 4) is 5.69 Å². The molecule has 0 aliphatic rings. The van der Waals surface area contributed by atoms with E-state index in [1.54, 1.807) is 17.0 Å². The van der Waals surface area contributed by atoms with Crippen LogP contribution in [0.1, 0.15) is 22.3 Å². The van der Waals surface area contributed by atoms with E-state index in [2.05, 4.69) is 35.4 Å². The third kappa shape index (κ3) is 3.54. The Morgan fingerprint density at radius 1 is 0.958 bits per heavy atom. The van der Waals surface area contributed by atoms with Gasteiger partial charge in [0.25, 0.3) is 5.56 Å². The maximum absolute atomic E-state index is 12.7. The number of benzene rings is 2. The van der Waals surface area contributed by atoms with Crippen LogP contribution in [0.15, 0.2) is 59.7 Å². The fourth-order valence-corrected chi connectivity index (χ4v) is 2.72. The van der Waals surface area contributed by atoms with Gasteiger partial charge in [-0.25, -0.2) is 4.98 Å². The summed E-state index contributed by atoms with van der Waals surface area (Å²) in [7, 11) is 0. The van der Waals surface area contributed by atoms with Crippen molar-refractivity contribution in [3.05, 3.63) is 87.5 Å². The zero-order valence-corrected chi connectivity index (χ0v) is 14.2. The van der Waals surface area contributed by atoms with Crippen LogP contribution in [0.5, 0.6) is 0 Å². The molecule has 0 spiro atoms. The van der Waals surface area contributed by atoms with Gasteiger partial charge in [-0.2, -0.15) is 0 Å². The first kappa shape index (κ1) is 16.0. The summed E-state index contributed by atoms with van der Waals surface area (Å²) in [4.78, 5) is 16.9. The molecule has 0 aliphatic carbocycles. The summed E-state index contributed by atoms with van der Waals surface area (Å²) in [5.74, 6) is 0.359. The fraction of sp³-hybridized carbons (Fsp3) is 0.200. The molecule has 1 heterocycles. The highest BCUT2D eigenvalue weighted by Gasteiger charge is 2.07. The van der Waals surface area contributed by atoms with Crippen molar-refractivity contribution in [2.75, 3.05) is 5.32 Å². The summed E-state index contributed by atoms with van der Waals surface area (Å²) in [6.45, 7) is 6.68. The molecule has 0 fully saturated rings. The molecule has 0 radical (unpaired) electrons. The van der Waals surface area contributed by atoms with Crippen molar-refractivity contribution < 1.29 is 0 Å². The van der Waals surface area contributed by atoms with Crippen molar-refractivity contribution >= 4 is 5.82 Å². The van der Waals surface area contributed by atoms with Gasteiger partial charge in [0.15, 0.2) is 5.82 Å². The molecule has 0 atom stereocenters. The second kappa shape index (κ2) is 6.71. The molecule has 24 heavy (non-hydrogen) atoms. The minimum Gasteiger partial charge on any atom is -0.361 e. The average Bonchev–Trinajstić information content (AvgIpc) is 2.54. The lowest BCUT2D eigenvalue weighted by molar-refractivity contribution is 0.941. The van der Waals surface area contributed by atoms with Gasteiger partial charge in [-0.15, -0.1) is 0 Å². The highest BCUT2D eigenvalue weighted by Crippen LogP contribution is 2.12. The Bertz CT molecular complexity index is 891. The molecular weight excluding hydrogens is 298 g/mol. The van der Waals surface area contributed by atoms with Gasteiger partial charge in [-0.05, 0) is 49.6 Å². The Hall–Kier alpha value is -2.88. The molecule has 122 valence electrons. The summed E-state index contributed by atoms with van der Waals surface area (Å²) in [5, 5.41) is 3.14. The minimum atomic E-state index is -0.144. The number of anilines is 1. The van der Waals surface area contributed by atoms with E-state index in [9.17, 15) is 4.79 Å². The van der Waals surface area contributed by atoms with Crippen LogP contribution in [-0.2, 0) is 6.54 Å². The van der Waals surface area contributed by atoms with Gasteiger partial charge in [0.1, 0.15) is 0 Å². The smallest absolute Gasteiger partial charge is 0.297 e. The van der Waals surface area contributed by atoms with Crippen LogP contribution >= 0.6 is 0 Å². The van der Waals surface area contributed by atoms with Crippen LogP contribution in [0.2, 0.25) is 0 Å². The largest absolute Gasteiger partial charge is 0.361 e. The number of nitrogens with zero attached hydrogens (tertiary/aromatic N) is 2. The highest BCUT2D eigenvalue weighted by molar-refractivity contribution is 5.42. The standard InChI is InChI=1S/C20H21N3O/c1-14-4-6-17(7-5-14)13-22-19-20(24)23(9-8-21-19)18-11-15(2)10-16(3)12-18/h4-12H,13H2,1-3H3,(H,21,22). The van der Waals surface area contributed by atoms with Gasteiger partial charge < -0.3 is 5.32 Å². The number of aromatic nitrogens is 2. The predicted octanol–water partition coefficient (Wildman–Crippen LogP) is 3.77. The SMILES string of the molecule is Cc1ccc(CNc2nccn(-c3cc(C)cc(C)c3)c2=O)cc1. The quantitative estimate of drug-likeness (QED) is 0.796. The Balaban J connectivity index is 1.88. The molecule has 0 saturated heterocycles. The second-order valence-electron chi connectivity index (χ2n) is 6.14. The molecule has 2 aromatic carbocycles. The highest BCUT2D eigenvalue weighted by atomic mass is 16.1. The third-order valence-electron chi connectivity index (χ3n) is 3.91. The number of hydrogen-bond donors (Lipinski definition) is 1. The first-order valence-corrected chi connectivity index (χ1v) is 7.99. The van der Waals surface area contributed by atoms with Gasteiger partial charge in [0.05, 0.1) is 0 Å². The predicted molar refractivity (Wildman–Crippen MR) is 97.8 cm³/mol. The molecule has 1 aromatic heterocycles. The summed E-state index contributed by atoms with van der Waals surface area (Å²) < 4.78 is 1.63. The zero-order valence-electron chi connectivity index (χ0n) is 14.2. The molecule has 1 N–H and O–H groups in total. The molecule has 0 unspecified atom stereocenters. The summed E-state index contributed by atoms with van der Waals surface area (Å²) >= 11 is 0. The maximum atomic E-state index is 12.7. The van der Waals surface area contributed by atoms with E-state index in [0.29, 0.717) is 12.4 Å². The molecule has 4 heteroatoms. The van der Waals surface area contributed by atoms with Crippen molar-refractivity contribution in [3.63, 3.8) is 0 Å². The Morgan fingerprint density at radius 3 is 2.29 bits per heavy atom. The second-order valence-corrected chi connectivity index (χ2v) is 6.14. The Kier molecular flexibility index (Phi) is 4.47. The molecule has 0 bridgehead atoms. The van der Waals surface area contributed by atoms with Crippen molar-refractivity contribution in [1.82, 2.24) is 9.55 Å². The molecular formula is C20H21N3O. The van der Waals surface area contributed by atoms with Crippen LogP contribution in [0.25, 0.3) is 5.69 Å². The van der Waals surface area contributed by atoms with Gasteiger partial charge in [0, 0.05) is 24.6 Å². The molecule has 0 saturated carbocycles. The first-order valence-electron chi connectivity index (χ1n) is 7.99. The van der Waals surface area contributed by atoms with E-state index in [4.69, 9.17) is 0 Å².